The highest BCUT2D eigenvalue weighted by molar-refractivity contribution is 6.22. The molecule has 8 aromatic carbocycles. The summed E-state index contributed by atoms with van der Waals surface area (Å²) in [6.07, 6.45) is 4.96. The molecule has 1 fully saturated rings. The SMILES string of the molecule is CC(C)c1ccc2c(ccc3oc(-c4c5ccccc5c(-c5ccc(-c6cccc7ccccc67)cc5)c5ccccc45)c(C4CCCC4)c32)c1. The first-order valence-corrected chi connectivity index (χ1v) is 18.7. The molecule has 1 aliphatic carbocycles. The van der Waals surface area contributed by atoms with Gasteiger partial charge in [-0.05, 0) is 102 Å². The minimum absolute atomic E-state index is 0.482. The zero-order valence-electron chi connectivity index (χ0n) is 29.2. The normalized spacial score (nSPS) is 13.9. The van der Waals surface area contributed by atoms with Gasteiger partial charge in [0, 0.05) is 16.5 Å². The summed E-state index contributed by atoms with van der Waals surface area (Å²) in [6, 6.07) is 54.0. The van der Waals surface area contributed by atoms with Crippen molar-refractivity contribution < 1.29 is 4.42 Å². The molecular formula is C50H40O. The van der Waals surface area contributed by atoms with Crippen LogP contribution >= 0.6 is 0 Å². The molecule has 10 rings (SSSR count). The molecule has 0 bridgehead atoms. The number of benzene rings is 8. The van der Waals surface area contributed by atoms with E-state index in [-0.39, 0.29) is 0 Å². The Morgan fingerprint density at radius 2 is 1.12 bits per heavy atom. The maximum absolute atomic E-state index is 7.15. The van der Waals surface area contributed by atoms with E-state index in [1.165, 1.54) is 113 Å². The maximum atomic E-state index is 7.15. The van der Waals surface area contributed by atoms with Crippen molar-refractivity contribution >= 4 is 54.1 Å². The average Bonchev–Trinajstić information content (AvgIpc) is 3.85. The fourth-order valence-electron chi connectivity index (χ4n) is 9.10. The van der Waals surface area contributed by atoms with Gasteiger partial charge in [-0.15, -0.1) is 0 Å². The first-order valence-electron chi connectivity index (χ1n) is 18.7. The summed E-state index contributed by atoms with van der Waals surface area (Å²) in [5.74, 6) is 2.03. The smallest absolute Gasteiger partial charge is 0.140 e. The Bertz CT molecular complexity index is 2710. The third-order valence-electron chi connectivity index (χ3n) is 11.6. The second-order valence-corrected chi connectivity index (χ2v) is 14.8. The monoisotopic (exact) mass is 656 g/mol. The molecule has 0 amide bonds. The van der Waals surface area contributed by atoms with Crippen LogP contribution in [0, 0.1) is 0 Å². The van der Waals surface area contributed by atoms with E-state index in [2.05, 4.69) is 159 Å². The summed E-state index contributed by atoms with van der Waals surface area (Å²) in [5.41, 5.74) is 10.0. The highest BCUT2D eigenvalue weighted by Crippen LogP contribution is 2.51. The molecule has 1 heteroatoms. The van der Waals surface area contributed by atoms with Crippen LogP contribution in [-0.2, 0) is 0 Å². The van der Waals surface area contributed by atoms with Crippen molar-refractivity contribution in [1.29, 1.82) is 0 Å². The van der Waals surface area contributed by atoms with Crippen molar-refractivity contribution in [2.75, 3.05) is 0 Å². The molecule has 1 heterocycles. The van der Waals surface area contributed by atoms with Crippen molar-refractivity contribution in [3.63, 3.8) is 0 Å². The van der Waals surface area contributed by atoms with Gasteiger partial charge in [0.25, 0.3) is 0 Å². The molecular weight excluding hydrogens is 617 g/mol. The zero-order valence-corrected chi connectivity index (χ0v) is 29.2. The predicted octanol–water partition coefficient (Wildman–Crippen LogP) is 14.8. The van der Waals surface area contributed by atoms with E-state index in [1.807, 2.05) is 0 Å². The van der Waals surface area contributed by atoms with Gasteiger partial charge in [-0.3, -0.25) is 0 Å². The summed E-state index contributed by atoms with van der Waals surface area (Å²) in [4.78, 5) is 0. The lowest BCUT2D eigenvalue weighted by Crippen LogP contribution is -1.96. The molecule has 0 radical (unpaired) electrons. The highest BCUT2D eigenvalue weighted by atomic mass is 16.3. The third kappa shape index (κ3) is 4.83. The standard InChI is InChI=1S/C50H40O/c1-31(2)36-26-28-40-37(30-36)27-29-45-49(40)47(34-13-3-4-14-34)50(51-45)48-43-19-9-7-17-41(43)46(42-18-8-10-20-44(42)48)35-24-22-33(23-25-35)39-21-11-15-32-12-5-6-16-38(32)39/h5-12,15-31,34H,3-4,13-14H2,1-2H3. The van der Waals surface area contributed by atoms with Crippen LogP contribution in [0.1, 0.15) is 62.5 Å². The Labute approximate surface area is 299 Å². The molecule has 51 heavy (non-hydrogen) atoms. The Hall–Kier alpha value is -5.66. The molecule has 246 valence electrons. The summed E-state index contributed by atoms with van der Waals surface area (Å²) >= 11 is 0. The lowest BCUT2D eigenvalue weighted by atomic mass is 9.84. The van der Waals surface area contributed by atoms with Crippen LogP contribution in [0.5, 0.6) is 0 Å². The predicted molar refractivity (Wildman–Crippen MR) is 218 cm³/mol. The number of hydrogen-bond donors (Lipinski definition) is 0. The van der Waals surface area contributed by atoms with Crippen molar-refractivity contribution in [3.05, 3.63) is 157 Å². The molecule has 0 saturated heterocycles. The van der Waals surface area contributed by atoms with Gasteiger partial charge in [-0.25, -0.2) is 0 Å². The van der Waals surface area contributed by atoms with E-state index in [4.69, 9.17) is 4.42 Å². The van der Waals surface area contributed by atoms with E-state index in [0.717, 1.165) is 11.3 Å². The number of rotatable bonds is 5. The molecule has 0 unspecified atom stereocenters. The van der Waals surface area contributed by atoms with Crippen LogP contribution < -0.4 is 0 Å². The minimum Gasteiger partial charge on any atom is -0.456 e. The van der Waals surface area contributed by atoms with Crippen LogP contribution in [0.15, 0.2) is 150 Å². The first kappa shape index (κ1) is 30.2. The molecule has 1 aromatic heterocycles. The second kappa shape index (κ2) is 12.0. The van der Waals surface area contributed by atoms with Crippen LogP contribution in [0.4, 0.5) is 0 Å². The van der Waals surface area contributed by atoms with Gasteiger partial charge in [0.2, 0.25) is 0 Å². The zero-order chi connectivity index (χ0) is 34.1. The lowest BCUT2D eigenvalue weighted by Gasteiger charge is -2.19. The minimum atomic E-state index is 0.482. The second-order valence-electron chi connectivity index (χ2n) is 14.8. The topological polar surface area (TPSA) is 13.1 Å². The summed E-state index contributed by atoms with van der Waals surface area (Å²) in [6.45, 7) is 4.55. The van der Waals surface area contributed by atoms with Crippen molar-refractivity contribution in [3.8, 4) is 33.6 Å². The van der Waals surface area contributed by atoms with Crippen LogP contribution in [-0.4, -0.2) is 0 Å². The van der Waals surface area contributed by atoms with Gasteiger partial charge < -0.3 is 4.42 Å². The number of hydrogen-bond acceptors (Lipinski definition) is 1. The number of fused-ring (bicyclic) bond motifs is 6. The van der Waals surface area contributed by atoms with Gasteiger partial charge in [-0.2, -0.15) is 0 Å². The van der Waals surface area contributed by atoms with E-state index >= 15 is 0 Å². The summed E-state index contributed by atoms with van der Waals surface area (Å²) in [5, 5.41) is 11.5. The molecule has 0 spiro atoms. The van der Waals surface area contributed by atoms with Gasteiger partial charge in [0.05, 0.1) is 0 Å². The molecule has 1 nitrogen and oxygen atoms in total. The summed E-state index contributed by atoms with van der Waals surface area (Å²) in [7, 11) is 0. The fraction of sp³-hybridized carbons (Fsp3) is 0.160. The highest BCUT2D eigenvalue weighted by Gasteiger charge is 2.30. The average molecular weight is 657 g/mol. The molecule has 0 N–H and O–H groups in total. The lowest BCUT2D eigenvalue weighted by molar-refractivity contribution is 0.617. The Balaban J connectivity index is 1.22. The van der Waals surface area contributed by atoms with Gasteiger partial charge >= 0.3 is 0 Å². The Morgan fingerprint density at radius 1 is 0.510 bits per heavy atom. The molecule has 0 aliphatic heterocycles. The first-order chi connectivity index (χ1) is 25.1. The third-order valence-corrected chi connectivity index (χ3v) is 11.6. The van der Waals surface area contributed by atoms with E-state index in [0.29, 0.717) is 11.8 Å². The summed E-state index contributed by atoms with van der Waals surface area (Å²) < 4.78 is 7.15. The molecule has 0 atom stereocenters. The largest absolute Gasteiger partial charge is 0.456 e. The van der Waals surface area contributed by atoms with Crippen LogP contribution in [0.2, 0.25) is 0 Å². The van der Waals surface area contributed by atoms with Crippen molar-refractivity contribution in [2.24, 2.45) is 0 Å². The van der Waals surface area contributed by atoms with Crippen LogP contribution in [0.25, 0.3) is 87.6 Å². The van der Waals surface area contributed by atoms with E-state index in [1.54, 1.807) is 0 Å². The van der Waals surface area contributed by atoms with Gasteiger partial charge in [0.15, 0.2) is 0 Å². The molecule has 9 aromatic rings. The number of furan rings is 1. The quantitative estimate of drug-likeness (QED) is 0.168. The van der Waals surface area contributed by atoms with E-state index < -0.39 is 0 Å². The van der Waals surface area contributed by atoms with Crippen LogP contribution in [0.3, 0.4) is 0 Å². The maximum Gasteiger partial charge on any atom is 0.140 e. The Morgan fingerprint density at radius 3 is 1.80 bits per heavy atom. The molecule has 1 saturated carbocycles. The fourth-order valence-corrected chi connectivity index (χ4v) is 9.10. The van der Waals surface area contributed by atoms with Gasteiger partial charge in [0.1, 0.15) is 11.3 Å². The van der Waals surface area contributed by atoms with E-state index in [9.17, 15) is 0 Å². The van der Waals surface area contributed by atoms with Gasteiger partial charge in [-0.1, -0.05) is 166 Å². The molecule has 1 aliphatic rings. The van der Waals surface area contributed by atoms with Crippen molar-refractivity contribution in [1.82, 2.24) is 0 Å². The van der Waals surface area contributed by atoms with Crippen molar-refractivity contribution in [2.45, 2.75) is 51.4 Å². The Kier molecular flexibility index (Phi) is 7.10.